The lowest BCUT2D eigenvalue weighted by Gasteiger charge is -2.21. The number of aryl methyl sites for hydroxylation is 1. The summed E-state index contributed by atoms with van der Waals surface area (Å²) in [6.07, 6.45) is 0.600. The molecule has 0 bridgehead atoms. The highest BCUT2D eigenvalue weighted by Crippen LogP contribution is 2.20. The van der Waals surface area contributed by atoms with Crippen LogP contribution in [0.2, 0.25) is 0 Å². The molecule has 0 aliphatic rings. The van der Waals surface area contributed by atoms with Gasteiger partial charge in [0.2, 0.25) is 0 Å². The molecule has 1 rings (SSSR count). The van der Waals surface area contributed by atoms with E-state index in [0.717, 1.165) is 11.3 Å². The van der Waals surface area contributed by atoms with Crippen molar-refractivity contribution >= 4 is 5.91 Å². The lowest BCUT2D eigenvalue weighted by molar-refractivity contribution is 0.0754. The van der Waals surface area contributed by atoms with Crippen LogP contribution in [0.5, 0.6) is 5.75 Å². The zero-order valence-electron chi connectivity index (χ0n) is 11.3. The predicted octanol–water partition coefficient (Wildman–Crippen LogP) is 1.85. The Balaban J connectivity index is 2.87. The van der Waals surface area contributed by atoms with Gasteiger partial charge in [-0.05, 0) is 38.0 Å². The van der Waals surface area contributed by atoms with Crippen LogP contribution in [0.25, 0.3) is 0 Å². The van der Waals surface area contributed by atoms with Crippen molar-refractivity contribution in [1.29, 1.82) is 0 Å². The molecule has 0 aliphatic carbocycles. The van der Waals surface area contributed by atoms with Gasteiger partial charge in [0.25, 0.3) is 5.91 Å². The van der Waals surface area contributed by atoms with E-state index in [2.05, 4.69) is 0 Å². The van der Waals surface area contributed by atoms with E-state index in [1.165, 1.54) is 0 Å². The number of hydrogen-bond acceptors (Lipinski definition) is 3. The van der Waals surface area contributed by atoms with E-state index in [1.54, 1.807) is 18.1 Å². The fourth-order valence-electron chi connectivity index (χ4n) is 1.80. The minimum atomic E-state index is -0.0238. The summed E-state index contributed by atoms with van der Waals surface area (Å²) in [5.41, 5.74) is 1.63. The zero-order chi connectivity index (χ0) is 13.5. The second-order valence-corrected chi connectivity index (χ2v) is 4.15. The summed E-state index contributed by atoms with van der Waals surface area (Å²) in [4.78, 5) is 14.0. The molecule has 1 N–H and O–H groups in total. The first kappa shape index (κ1) is 14.5. The van der Waals surface area contributed by atoms with E-state index < -0.39 is 0 Å². The second kappa shape index (κ2) is 7.01. The quantitative estimate of drug-likeness (QED) is 0.839. The number of carbonyl (C=O) groups is 1. The molecule has 0 saturated heterocycles. The Kier molecular flexibility index (Phi) is 5.65. The van der Waals surface area contributed by atoms with Crippen molar-refractivity contribution in [2.24, 2.45) is 0 Å². The Morgan fingerprint density at radius 2 is 2.17 bits per heavy atom. The minimum Gasteiger partial charge on any atom is -0.496 e. The Morgan fingerprint density at radius 1 is 1.44 bits per heavy atom. The van der Waals surface area contributed by atoms with E-state index in [4.69, 9.17) is 9.84 Å². The van der Waals surface area contributed by atoms with Gasteiger partial charge >= 0.3 is 0 Å². The number of aliphatic hydroxyl groups is 1. The van der Waals surface area contributed by atoms with Gasteiger partial charge in [-0.2, -0.15) is 0 Å². The minimum absolute atomic E-state index is 0.0238. The summed E-state index contributed by atoms with van der Waals surface area (Å²) in [6, 6.07) is 5.45. The van der Waals surface area contributed by atoms with Crippen LogP contribution < -0.4 is 4.74 Å². The number of benzene rings is 1. The van der Waals surface area contributed by atoms with Crippen molar-refractivity contribution < 1.29 is 14.6 Å². The summed E-state index contributed by atoms with van der Waals surface area (Å²) in [6.45, 7) is 5.18. The van der Waals surface area contributed by atoms with Crippen LogP contribution in [0.4, 0.5) is 0 Å². The van der Waals surface area contributed by atoms with E-state index in [1.807, 2.05) is 26.0 Å². The van der Waals surface area contributed by atoms with Crippen LogP contribution in [0, 0.1) is 6.92 Å². The molecule has 0 radical (unpaired) electrons. The number of methoxy groups -OCH3 is 1. The van der Waals surface area contributed by atoms with Crippen LogP contribution in [0.3, 0.4) is 0 Å². The molecule has 0 spiro atoms. The smallest absolute Gasteiger partial charge is 0.253 e. The normalized spacial score (nSPS) is 10.2. The molecule has 4 nitrogen and oxygen atoms in total. The Hall–Kier alpha value is -1.55. The van der Waals surface area contributed by atoms with Gasteiger partial charge in [0.1, 0.15) is 5.75 Å². The summed E-state index contributed by atoms with van der Waals surface area (Å²) in [5, 5.41) is 8.82. The topological polar surface area (TPSA) is 49.8 Å². The molecule has 0 aromatic heterocycles. The maximum atomic E-state index is 12.2. The van der Waals surface area contributed by atoms with Gasteiger partial charge in [-0.1, -0.05) is 6.07 Å². The van der Waals surface area contributed by atoms with Crippen molar-refractivity contribution in [1.82, 2.24) is 4.90 Å². The molecule has 0 aliphatic heterocycles. The molecule has 0 fully saturated rings. The summed E-state index contributed by atoms with van der Waals surface area (Å²) in [5.74, 6) is 0.698. The van der Waals surface area contributed by atoms with Crippen molar-refractivity contribution in [3.05, 3.63) is 29.3 Å². The highest BCUT2D eigenvalue weighted by atomic mass is 16.5. The average molecular weight is 251 g/mol. The first-order chi connectivity index (χ1) is 8.63. The summed E-state index contributed by atoms with van der Waals surface area (Å²) in [7, 11) is 1.60. The number of carbonyl (C=O) groups excluding carboxylic acids is 1. The predicted molar refractivity (Wildman–Crippen MR) is 71.0 cm³/mol. The van der Waals surface area contributed by atoms with Gasteiger partial charge in [0, 0.05) is 25.3 Å². The Morgan fingerprint density at radius 3 is 2.72 bits per heavy atom. The van der Waals surface area contributed by atoms with Crippen LogP contribution in [0.1, 0.15) is 29.3 Å². The molecule has 1 aromatic rings. The number of rotatable bonds is 6. The van der Waals surface area contributed by atoms with Crippen LogP contribution in [-0.2, 0) is 0 Å². The molecule has 0 atom stereocenters. The first-order valence-corrected chi connectivity index (χ1v) is 6.18. The average Bonchev–Trinajstić information content (AvgIpc) is 2.40. The Labute approximate surface area is 108 Å². The Bertz CT molecular complexity index is 404. The van der Waals surface area contributed by atoms with Crippen molar-refractivity contribution in [3.8, 4) is 5.75 Å². The van der Waals surface area contributed by atoms with Gasteiger partial charge in [0.05, 0.1) is 7.11 Å². The molecular weight excluding hydrogens is 230 g/mol. The van der Waals surface area contributed by atoms with Gasteiger partial charge in [0.15, 0.2) is 0 Å². The lowest BCUT2D eigenvalue weighted by Crippen LogP contribution is -2.32. The molecule has 0 saturated carbocycles. The van der Waals surface area contributed by atoms with Gasteiger partial charge in [-0.25, -0.2) is 0 Å². The van der Waals surface area contributed by atoms with Crippen molar-refractivity contribution in [3.63, 3.8) is 0 Å². The molecule has 1 amide bonds. The number of nitrogens with zero attached hydrogens (tertiary/aromatic N) is 1. The van der Waals surface area contributed by atoms with E-state index in [9.17, 15) is 4.79 Å². The number of ether oxygens (including phenoxy) is 1. The molecule has 0 unspecified atom stereocenters. The molecule has 18 heavy (non-hydrogen) atoms. The third-order valence-electron chi connectivity index (χ3n) is 2.91. The largest absolute Gasteiger partial charge is 0.496 e. The molecule has 100 valence electrons. The number of hydrogen-bond donors (Lipinski definition) is 1. The van der Waals surface area contributed by atoms with Crippen LogP contribution >= 0.6 is 0 Å². The van der Waals surface area contributed by atoms with Crippen LogP contribution in [-0.4, -0.2) is 42.7 Å². The third-order valence-corrected chi connectivity index (χ3v) is 2.91. The number of aliphatic hydroxyl groups excluding tert-OH is 1. The highest BCUT2D eigenvalue weighted by molar-refractivity contribution is 5.94. The summed E-state index contributed by atoms with van der Waals surface area (Å²) < 4.78 is 5.22. The summed E-state index contributed by atoms with van der Waals surface area (Å²) >= 11 is 0. The third kappa shape index (κ3) is 3.47. The maximum absolute atomic E-state index is 12.2. The van der Waals surface area contributed by atoms with E-state index in [-0.39, 0.29) is 12.5 Å². The van der Waals surface area contributed by atoms with Gasteiger partial charge < -0.3 is 14.7 Å². The van der Waals surface area contributed by atoms with E-state index >= 15 is 0 Å². The van der Waals surface area contributed by atoms with Gasteiger partial charge in [-0.3, -0.25) is 4.79 Å². The van der Waals surface area contributed by atoms with Crippen molar-refractivity contribution in [2.75, 3.05) is 26.8 Å². The monoisotopic (exact) mass is 251 g/mol. The second-order valence-electron chi connectivity index (χ2n) is 4.15. The maximum Gasteiger partial charge on any atom is 0.253 e. The fraction of sp³-hybridized carbons (Fsp3) is 0.500. The zero-order valence-corrected chi connectivity index (χ0v) is 11.3. The molecule has 0 heterocycles. The van der Waals surface area contributed by atoms with Gasteiger partial charge in [-0.15, -0.1) is 0 Å². The SMILES string of the molecule is CCN(CCCO)C(=O)c1ccc(C)c(OC)c1. The van der Waals surface area contributed by atoms with E-state index in [0.29, 0.717) is 25.1 Å². The standard InChI is InChI=1S/C14H21NO3/c1-4-15(8-5-9-16)14(17)12-7-6-11(2)13(10-12)18-3/h6-7,10,16H,4-5,8-9H2,1-3H3. The van der Waals surface area contributed by atoms with Crippen LogP contribution in [0.15, 0.2) is 18.2 Å². The lowest BCUT2D eigenvalue weighted by atomic mass is 10.1. The molecular formula is C14H21NO3. The highest BCUT2D eigenvalue weighted by Gasteiger charge is 2.14. The fourth-order valence-corrected chi connectivity index (χ4v) is 1.80. The van der Waals surface area contributed by atoms with Crippen molar-refractivity contribution in [2.45, 2.75) is 20.3 Å². The molecule has 4 heteroatoms. The first-order valence-electron chi connectivity index (χ1n) is 6.18. The number of amides is 1. The molecule has 1 aromatic carbocycles.